The molecule has 0 aliphatic carbocycles. The van der Waals surface area contributed by atoms with Gasteiger partial charge < -0.3 is 4.74 Å². The van der Waals surface area contributed by atoms with Gasteiger partial charge in [0.15, 0.2) is 5.15 Å². The number of nitrogens with zero attached hydrogens (tertiary/aromatic N) is 2. The smallest absolute Gasteiger partial charge is 0.152 e. The van der Waals surface area contributed by atoms with E-state index in [2.05, 4.69) is 10.2 Å². The van der Waals surface area contributed by atoms with Crippen LogP contribution in [0.2, 0.25) is 5.15 Å². The highest BCUT2D eigenvalue weighted by Crippen LogP contribution is 2.15. The summed E-state index contributed by atoms with van der Waals surface area (Å²) in [6.07, 6.45) is 0.847. The van der Waals surface area contributed by atoms with Gasteiger partial charge in [-0.1, -0.05) is 11.6 Å². The van der Waals surface area contributed by atoms with E-state index in [1.807, 2.05) is 6.07 Å². The van der Waals surface area contributed by atoms with Crippen molar-refractivity contribution >= 4 is 11.6 Å². The fraction of sp³-hybridized carbons (Fsp3) is 0.429. The first kappa shape index (κ1) is 7.00. The van der Waals surface area contributed by atoms with E-state index in [1.54, 1.807) is 0 Å². The van der Waals surface area contributed by atoms with Gasteiger partial charge in [0.05, 0.1) is 18.9 Å². The molecule has 2 heterocycles. The molecule has 0 aromatic carbocycles. The molecule has 2 rings (SSSR count). The third-order valence-electron chi connectivity index (χ3n) is 1.67. The van der Waals surface area contributed by atoms with Crippen molar-refractivity contribution in [2.24, 2.45) is 0 Å². The predicted octanol–water partition coefficient (Wildman–Crippen LogP) is 1.20. The second-order valence-corrected chi connectivity index (χ2v) is 2.83. The number of hydrogen-bond acceptors (Lipinski definition) is 3. The third-order valence-corrected chi connectivity index (χ3v) is 1.86. The van der Waals surface area contributed by atoms with Gasteiger partial charge in [-0.3, -0.25) is 0 Å². The van der Waals surface area contributed by atoms with Crippen LogP contribution in [0.15, 0.2) is 6.07 Å². The summed E-state index contributed by atoms with van der Waals surface area (Å²) >= 11 is 5.65. The third kappa shape index (κ3) is 1.34. The summed E-state index contributed by atoms with van der Waals surface area (Å²) < 4.78 is 5.22. The van der Waals surface area contributed by atoms with Crippen molar-refractivity contribution in [2.45, 2.75) is 13.0 Å². The van der Waals surface area contributed by atoms with Crippen molar-refractivity contribution in [1.82, 2.24) is 10.2 Å². The second kappa shape index (κ2) is 2.75. The van der Waals surface area contributed by atoms with E-state index in [1.165, 1.54) is 0 Å². The van der Waals surface area contributed by atoms with Gasteiger partial charge in [-0.15, -0.1) is 5.10 Å². The Bertz CT molecular complexity index is 277. The Balaban J connectivity index is 2.43. The molecule has 0 unspecified atom stereocenters. The fourth-order valence-electron chi connectivity index (χ4n) is 1.11. The Morgan fingerprint density at radius 3 is 3.27 bits per heavy atom. The van der Waals surface area contributed by atoms with Crippen molar-refractivity contribution in [3.63, 3.8) is 0 Å². The van der Waals surface area contributed by atoms with Crippen molar-refractivity contribution in [3.05, 3.63) is 22.5 Å². The van der Waals surface area contributed by atoms with Crippen LogP contribution in [0, 0.1) is 0 Å². The van der Waals surface area contributed by atoms with Crippen LogP contribution in [-0.4, -0.2) is 16.8 Å². The molecule has 1 aromatic rings. The Morgan fingerprint density at radius 1 is 1.45 bits per heavy atom. The lowest BCUT2D eigenvalue weighted by Gasteiger charge is -2.13. The van der Waals surface area contributed by atoms with Gasteiger partial charge in [0.1, 0.15) is 0 Å². The summed E-state index contributed by atoms with van der Waals surface area (Å²) in [7, 11) is 0. The summed E-state index contributed by atoms with van der Waals surface area (Å²) in [5, 5.41) is 8.15. The van der Waals surface area contributed by atoms with Gasteiger partial charge in [0.2, 0.25) is 0 Å². The summed E-state index contributed by atoms with van der Waals surface area (Å²) in [5.41, 5.74) is 2.08. The van der Waals surface area contributed by atoms with E-state index in [0.717, 1.165) is 24.3 Å². The first-order valence-corrected chi connectivity index (χ1v) is 3.83. The summed E-state index contributed by atoms with van der Waals surface area (Å²) in [6.45, 7) is 1.36. The Morgan fingerprint density at radius 2 is 2.36 bits per heavy atom. The van der Waals surface area contributed by atoms with Crippen LogP contribution in [-0.2, 0) is 17.8 Å². The fourth-order valence-corrected chi connectivity index (χ4v) is 1.28. The highest BCUT2D eigenvalue weighted by atomic mass is 35.5. The molecular weight excluding hydrogens is 164 g/mol. The number of rotatable bonds is 0. The molecule has 1 aliphatic heterocycles. The molecule has 0 amide bonds. The molecule has 0 spiro atoms. The average Bonchev–Trinajstić information content (AvgIpc) is 2.04. The van der Waals surface area contributed by atoms with Crippen molar-refractivity contribution in [2.75, 3.05) is 6.61 Å². The molecule has 0 saturated carbocycles. The number of aromatic nitrogens is 2. The zero-order valence-electron chi connectivity index (χ0n) is 5.88. The van der Waals surface area contributed by atoms with Crippen LogP contribution in [0.5, 0.6) is 0 Å². The molecule has 0 fully saturated rings. The predicted molar refractivity (Wildman–Crippen MR) is 40.4 cm³/mol. The minimum Gasteiger partial charge on any atom is -0.376 e. The maximum Gasteiger partial charge on any atom is 0.152 e. The highest BCUT2D eigenvalue weighted by molar-refractivity contribution is 6.29. The van der Waals surface area contributed by atoms with E-state index in [4.69, 9.17) is 16.3 Å². The van der Waals surface area contributed by atoms with Gasteiger partial charge >= 0.3 is 0 Å². The molecule has 1 aliphatic rings. The van der Waals surface area contributed by atoms with Gasteiger partial charge in [0, 0.05) is 12.0 Å². The number of fused-ring (bicyclic) bond motifs is 1. The lowest BCUT2D eigenvalue weighted by molar-refractivity contribution is 0.108. The molecule has 0 saturated heterocycles. The second-order valence-electron chi connectivity index (χ2n) is 2.44. The molecule has 4 heteroatoms. The van der Waals surface area contributed by atoms with Crippen LogP contribution < -0.4 is 0 Å². The normalized spacial score (nSPS) is 16.1. The molecule has 3 nitrogen and oxygen atoms in total. The van der Waals surface area contributed by atoms with Crippen molar-refractivity contribution in [1.29, 1.82) is 0 Å². The van der Waals surface area contributed by atoms with E-state index in [0.29, 0.717) is 11.8 Å². The molecule has 0 radical (unpaired) electrons. The molecule has 0 atom stereocenters. The monoisotopic (exact) mass is 170 g/mol. The lowest BCUT2D eigenvalue weighted by Crippen LogP contribution is -2.12. The standard InChI is InChI=1S/C7H7ClN2O/c8-7-3-5-4-11-2-1-6(5)9-10-7/h3H,1-2,4H2. The maximum absolute atomic E-state index is 5.65. The molecule has 58 valence electrons. The minimum absolute atomic E-state index is 0.439. The first-order chi connectivity index (χ1) is 5.36. The lowest BCUT2D eigenvalue weighted by atomic mass is 10.1. The summed E-state index contributed by atoms with van der Waals surface area (Å²) in [6, 6.07) is 1.81. The van der Waals surface area contributed by atoms with E-state index in [9.17, 15) is 0 Å². The zero-order chi connectivity index (χ0) is 7.68. The van der Waals surface area contributed by atoms with E-state index in [-0.39, 0.29) is 0 Å². The Labute approximate surface area is 69.3 Å². The molecule has 0 bridgehead atoms. The Kier molecular flexibility index (Phi) is 1.75. The number of ether oxygens (including phenoxy) is 1. The van der Waals surface area contributed by atoms with Crippen molar-refractivity contribution in [3.8, 4) is 0 Å². The quantitative estimate of drug-likeness (QED) is 0.587. The van der Waals surface area contributed by atoms with Crippen LogP contribution in [0.1, 0.15) is 11.3 Å². The number of hydrogen-bond donors (Lipinski definition) is 0. The van der Waals surface area contributed by atoms with Gasteiger partial charge in [-0.2, -0.15) is 5.10 Å². The van der Waals surface area contributed by atoms with Crippen LogP contribution in [0.25, 0.3) is 0 Å². The van der Waals surface area contributed by atoms with E-state index >= 15 is 0 Å². The van der Waals surface area contributed by atoms with E-state index < -0.39 is 0 Å². The first-order valence-electron chi connectivity index (χ1n) is 3.45. The molecular formula is C7H7ClN2O. The summed E-state index contributed by atoms with van der Waals surface area (Å²) in [5.74, 6) is 0. The van der Waals surface area contributed by atoms with Crippen molar-refractivity contribution < 1.29 is 4.74 Å². The topological polar surface area (TPSA) is 35.0 Å². The zero-order valence-corrected chi connectivity index (χ0v) is 6.64. The molecule has 11 heavy (non-hydrogen) atoms. The van der Waals surface area contributed by atoms with Crippen LogP contribution in [0.4, 0.5) is 0 Å². The van der Waals surface area contributed by atoms with Gasteiger partial charge in [-0.25, -0.2) is 0 Å². The highest BCUT2D eigenvalue weighted by Gasteiger charge is 2.11. The molecule has 0 N–H and O–H groups in total. The number of halogens is 1. The summed E-state index contributed by atoms with van der Waals surface area (Å²) in [4.78, 5) is 0. The Hall–Kier alpha value is -0.670. The van der Waals surface area contributed by atoms with Crippen LogP contribution in [0.3, 0.4) is 0 Å². The average molecular weight is 171 g/mol. The van der Waals surface area contributed by atoms with Gasteiger partial charge in [0.25, 0.3) is 0 Å². The van der Waals surface area contributed by atoms with Gasteiger partial charge in [-0.05, 0) is 6.07 Å². The van der Waals surface area contributed by atoms with Crippen LogP contribution >= 0.6 is 11.6 Å². The minimum atomic E-state index is 0.439. The largest absolute Gasteiger partial charge is 0.376 e. The molecule has 1 aromatic heterocycles. The maximum atomic E-state index is 5.65. The SMILES string of the molecule is Clc1cc2c(nn1)CCOC2.